The molecule has 0 spiro atoms. The van der Waals surface area contributed by atoms with Crippen LogP contribution in [-0.2, 0) is 18.3 Å². The first-order valence-corrected chi connectivity index (χ1v) is 6.17. The summed E-state index contributed by atoms with van der Waals surface area (Å²) in [5, 5.41) is 6.70. The van der Waals surface area contributed by atoms with Gasteiger partial charge in [-0.3, -0.25) is 9.48 Å². The molecule has 1 amide bonds. The Hall–Kier alpha value is -1.82. The largest absolute Gasteiger partial charge is 0.394 e. The van der Waals surface area contributed by atoms with Crippen LogP contribution in [0.15, 0.2) is 34.9 Å². The van der Waals surface area contributed by atoms with Crippen LogP contribution in [0.5, 0.6) is 0 Å². The molecule has 0 saturated carbocycles. The molecule has 0 aliphatic heterocycles. The Morgan fingerprint density at radius 3 is 2.67 bits per heavy atom. The Bertz CT molecular complexity index is 542. The van der Waals surface area contributed by atoms with E-state index >= 15 is 0 Å². The van der Waals surface area contributed by atoms with E-state index in [1.807, 2.05) is 24.3 Å². The minimum atomic E-state index is -0.118. The molecule has 1 aromatic carbocycles. The topological polar surface area (TPSA) is 72.9 Å². The fourth-order valence-corrected chi connectivity index (χ4v) is 1.84. The van der Waals surface area contributed by atoms with Gasteiger partial charge in [-0.1, -0.05) is 28.1 Å². The maximum atomic E-state index is 11.8. The number of aryl methyl sites for hydroxylation is 1. The van der Waals surface area contributed by atoms with E-state index < -0.39 is 0 Å². The second-order valence-corrected chi connectivity index (χ2v) is 4.84. The number of halogens is 1. The summed E-state index contributed by atoms with van der Waals surface area (Å²) >= 11 is 3.35. The van der Waals surface area contributed by atoms with Gasteiger partial charge in [0.15, 0.2) is 5.82 Å². The van der Waals surface area contributed by atoms with Crippen LogP contribution < -0.4 is 11.1 Å². The number of aromatic nitrogens is 2. The zero-order valence-electron chi connectivity index (χ0n) is 9.85. The van der Waals surface area contributed by atoms with E-state index in [9.17, 15) is 4.79 Å². The number of amides is 1. The smallest absolute Gasteiger partial charge is 0.229 e. The molecule has 0 radical (unpaired) electrons. The average molecular weight is 309 g/mol. The summed E-state index contributed by atoms with van der Waals surface area (Å²) in [7, 11) is 1.73. The van der Waals surface area contributed by atoms with Crippen molar-refractivity contribution < 1.29 is 4.79 Å². The Morgan fingerprint density at radius 2 is 2.11 bits per heavy atom. The molecule has 2 rings (SSSR count). The number of hydrogen-bond acceptors (Lipinski definition) is 3. The highest BCUT2D eigenvalue weighted by Crippen LogP contribution is 2.16. The maximum Gasteiger partial charge on any atom is 0.229 e. The Kier molecular flexibility index (Phi) is 3.66. The molecular formula is C12H13BrN4O. The summed E-state index contributed by atoms with van der Waals surface area (Å²) in [6.45, 7) is 0. The average Bonchev–Trinajstić information content (AvgIpc) is 2.64. The lowest BCUT2D eigenvalue weighted by atomic mass is 10.1. The van der Waals surface area contributed by atoms with Crippen LogP contribution >= 0.6 is 15.9 Å². The molecule has 0 aliphatic carbocycles. The van der Waals surface area contributed by atoms with Crippen LogP contribution in [0.2, 0.25) is 0 Å². The third kappa shape index (κ3) is 2.89. The van der Waals surface area contributed by atoms with Gasteiger partial charge in [0.25, 0.3) is 0 Å². The molecule has 2 aromatic rings. The lowest BCUT2D eigenvalue weighted by Gasteiger charge is -2.06. The van der Waals surface area contributed by atoms with E-state index in [2.05, 4.69) is 26.3 Å². The van der Waals surface area contributed by atoms with Crippen LogP contribution in [0.3, 0.4) is 0 Å². The van der Waals surface area contributed by atoms with Gasteiger partial charge >= 0.3 is 0 Å². The van der Waals surface area contributed by atoms with E-state index in [1.165, 1.54) is 10.9 Å². The molecule has 0 aliphatic rings. The van der Waals surface area contributed by atoms with E-state index in [0.29, 0.717) is 17.9 Å². The molecule has 5 nitrogen and oxygen atoms in total. The van der Waals surface area contributed by atoms with E-state index in [0.717, 1.165) is 10.0 Å². The predicted molar refractivity (Wildman–Crippen MR) is 74.1 cm³/mol. The fourth-order valence-electron chi connectivity index (χ4n) is 1.57. The van der Waals surface area contributed by atoms with Crippen LogP contribution in [0, 0.1) is 0 Å². The van der Waals surface area contributed by atoms with Crippen LogP contribution in [-0.4, -0.2) is 15.7 Å². The van der Waals surface area contributed by atoms with Crippen molar-refractivity contribution in [3.05, 3.63) is 40.5 Å². The first-order chi connectivity index (χ1) is 8.56. The number of carbonyl (C=O) groups excluding carboxylic acids is 1. The van der Waals surface area contributed by atoms with Gasteiger partial charge in [0, 0.05) is 11.5 Å². The summed E-state index contributed by atoms with van der Waals surface area (Å²) in [5.74, 6) is 0.407. The summed E-state index contributed by atoms with van der Waals surface area (Å²) in [6, 6.07) is 7.61. The first kappa shape index (κ1) is 12.6. The van der Waals surface area contributed by atoms with Gasteiger partial charge in [0.2, 0.25) is 5.91 Å². The minimum absolute atomic E-state index is 0.118. The fraction of sp³-hybridized carbons (Fsp3) is 0.167. The monoisotopic (exact) mass is 308 g/mol. The number of benzene rings is 1. The lowest BCUT2D eigenvalue weighted by Crippen LogP contribution is -2.17. The molecule has 0 atom stereocenters. The summed E-state index contributed by atoms with van der Waals surface area (Å²) in [6.07, 6.45) is 1.81. The second kappa shape index (κ2) is 5.22. The number of hydrogen-bond donors (Lipinski definition) is 2. The van der Waals surface area contributed by atoms with Gasteiger partial charge in [-0.05, 0) is 17.7 Å². The standard InChI is InChI=1S/C12H13BrN4O/c1-17-12(10(14)7-15-17)16-11(18)6-8-2-4-9(13)5-3-8/h2-5,7H,6,14H2,1H3,(H,16,18). The molecule has 18 heavy (non-hydrogen) atoms. The van der Waals surface area contributed by atoms with Gasteiger partial charge in [-0.25, -0.2) is 0 Å². The van der Waals surface area contributed by atoms with Crippen molar-refractivity contribution in [1.82, 2.24) is 9.78 Å². The number of anilines is 2. The number of nitrogen functional groups attached to an aromatic ring is 1. The van der Waals surface area contributed by atoms with Crippen LogP contribution in [0.4, 0.5) is 11.5 Å². The molecule has 0 bridgehead atoms. The maximum absolute atomic E-state index is 11.8. The first-order valence-electron chi connectivity index (χ1n) is 5.38. The molecule has 1 aromatic heterocycles. The summed E-state index contributed by atoms with van der Waals surface area (Å²) < 4.78 is 2.52. The molecule has 1 heterocycles. The zero-order chi connectivity index (χ0) is 13.1. The van der Waals surface area contributed by atoms with Crippen molar-refractivity contribution in [1.29, 1.82) is 0 Å². The van der Waals surface area contributed by atoms with Crippen molar-refractivity contribution in [2.75, 3.05) is 11.1 Å². The number of rotatable bonds is 3. The Labute approximate surface area is 113 Å². The van der Waals surface area contributed by atoms with Gasteiger partial charge < -0.3 is 11.1 Å². The van der Waals surface area contributed by atoms with Gasteiger partial charge in [0.1, 0.15) is 0 Å². The molecule has 3 N–H and O–H groups in total. The van der Waals surface area contributed by atoms with Crippen molar-refractivity contribution >= 4 is 33.3 Å². The third-order valence-corrected chi connectivity index (χ3v) is 3.03. The molecule has 6 heteroatoms. The normalized spacial score (nSPS) is 10.3. The quantitative estimate of drug-likeness (QED) is 0.910. The predicted octanol–water partition coefficient (Wildman–Crippen LogP) is 1.95. The lowest BCUT2D eigenvalue weighted by molar-refractivity contribution is -0.115. The van der Waals surface area contributed by atoms with E-state index in [1.54, 1.807) is 7.05 Å². The summed E-state index contributed by atoms with van der Waals surface area (Å²) in [4.78, 5) is 11.8. The molecule has 94 valence electrons. The highest BCUT2D eigenvalue weighted by atomic mass is 79.9. The number of nitrogens with zero attached hydrogens (tertiary/aromatic N) is 2. The minimum Gasteiger partial charge on any atom is -0.394 e. The molecular weight excluding hydrogens is 296 g/mol. The van der Waals surface area contributed by atoms with Gasteiger partial charge in [0.05, 0.1) is 18.3 Å². The van der Waals surface area contributed by atoms with Gasteiger partial charge in [-0.15, -0.1) is 0 Å². The van der Waals surface area contributed by atoms with E-state index in [4.69, 9.17) is 5.73 Å². The van der Waals surface area contributed by atoms with Gasteiger partial charge in [-0.2, -0.15) is 5.10 Å². The number of nitrogens with one attached hydrogen (secondary N) is 1. The van der Waals surface area contributed by atoms with Crippen molar-refractivity contribution in [3.63, 3.8) is 0 Å². The molecule has 0 unspecified atom stereocenters. The van der Waals surface area contributed by atoms with Crippen LogP contribution in [0.1, 0.15) is 5.56 Å². The summed E-state index contributed by atoms with van der Waals surface area (Å²) in [5.41, 5.74) is 7.10. The SMILES string of the molecule is Cn1ncc(N)c1NC(=O)Cc1ccc(Br)cc1. The molecule has 0 fully saturated rings. The van der Waals surface area contributed by atoms with Crippen molar-refractivity contribution in [3.8, 4) is 0 Å². The Balaban J connectivity index is 2.03. The third-order valence-electron chi connectivity index (χ3n) is 2.50. The highest BCUT2D eigenvalue weighted by molar-refractivity contribution is 9.10. The zero-order valence-corrected chi connectivity index (χ0v) is 11.4. The second-order valence-electron chi connectivity index (χ2n) is 3.92. The highest BCUT2D eigenvalue weighted by Gasteiger charge is 2.10. The number of nitrogens with two attached hydrogens (primary N) is 1. The molecule has 0 saturated heterocycles. The van der Waals surface area contributed by atoms with E-state index in [-0.39, 0.29) is 5.91 Å². The van der Waals surface area contributed by atoms with Crippen molar-refractivity contribution in [2.45, 2.75) is 6.42 Å². The number of carbonyl (C=O) groups is 1. The Morgan fingerprint density at radius 1 is 1.44 bits per heavy atom. The van der Waals surface area contributed by atoms with Crippen molar-refractivity contribution in [2.24, 2.45) is 7.05 Å². The van der Waals surface area contributed by atoms with Crippen LogP contribution in [0.25, 0.3) is 0 Å².